The van der Waals surface area contributed by atoms with Crippen molar-refractivity contribution < 1.29 is 5.11 Å². The largest absolute Gasteiger partial charge is 0.395 e. The van der Waals surface area contributed by atoms with Gasteiger partial charge >= 0.3 is 0 Å². The summed E-state index contributed by atoms with van der Waals surface area (Å²) < 4.78 is 0. The second-order valence-corrected chi connectivity index (χ2v) is 5.93. The number of rotatable bonds is 6. The number of aliphatic hydroxyl groups excluding tert-OH is 1. The van der Waals surface area contributed by atoms with Crippen LogP contribution in [0.25, 0.3) is 0 Å². The molecule has 1 N–H and O–H groups in total. The van der Waals surface area contributed by atoms with E-state index < -0.39 is 0 Å². The standard InChI is InChI=1S/C13H19NOS2/c1-14(8-10-16-2)11-13-7-6-12(17-13)5-3-4-9-15/h6-7,15H,4,8-11H2,1-2H3. The lowest BCUT2D eigenvalue weighted by Gasteiger charge is -2.14. The normalized spacial score (nSPS) is 10.4. The zero-order valence-electron chi connectivity index (χ0n) is 10.4. The molecular weight excluding hydrogens is 250 g/mol. The minimum Gasteiger partial charge on any atom is -0.395 e. The molecule has 1 heterocycles. The van der Waals surface area contributed by atoms with Gasteiger partial charge in [-0.25, -0.2) is 0 Å². The Hall–Kier alpha value is -0.470. The first-order valence-electron chi connectivity index (χ1n) is 5.62. The van der Waals surface area contributed by atoms with Gasteiger partial charge in [0.1, 0.15) is 0 Å². The molecule has 1 rings (SSSR count). The second-order valence-electron chi connectivity index (χ2n) is 3.77. The van der Waals surface area contributed by atoms with Crippen LogP contribution in [0.2, 0.25) is 0 Å². The first-order chi connectivity index (χ1) is 8.26. The molecule has 0 atom stereocenters. The van der Waals surface area contributed by atoms with Gasteiger partial charge in [-0.3, -0.25) is 0 Å². The Bertz CT molecular complexity index is 378. The minimum atomic E-state index is 0.142. The van der Waals surface area contributed by atoms with Gasteiger partial charge in [-0.15, -0.1) is 11.3 Å². The Balaban J connectivity index is 2.43. The summed E-state index contributed by atoms with van der Waals surface area (Å²) >= 11 is 3.62. The summed E-state index contributed by atoms with van der Waals surface area (Å²) in [5, 5.41) is 8.64. The predicted octanol–water partition coefficient (Wildman–Crippen LogP) is 2.28. The molecule has 0 fully saturated rings. The number of thioether (sulfide) groups is 1. The fourth-order valence-electron chi connectivity index (χ4n) is 1.33. The number of nitrogens with zero attached hydrogens (tertiary/aromatic N) is 1. The highest BCUT2D eigenvalue weighted by Gasteiger charge is 2.02. The molecule has 0 aromatic carbocycles. The van der Waals surface area contributed by atoms with Crippen molar-refractivity contribution in [3.8, 4) is 11.8 Å². The molecule has 0 spiro atoms. The van der Waals surface area contributed by atoms with Crippen molar-refractivity contribution in [2.24, 2.45) is 0 Å². The summed E-state index contributed by atoms with van der Waals surface area (Å²) in [7, 11) is 2.15. The maximum atomic E-state index is 8.64. The van der Waals surface area contributed by atoms with Gasteiger partial charge < -0.3 is 10.0 Å². The van der Waals surface area contributed by atoms with E-state index in [0.29, 0.717) is 6.42 Å². The smallest absolute Gasteiger partial charge is 0.0771 e. The van der Waals surface area contributed by atoms with Crippen LogP contribution in [-0.2, 0) is 6.54 Å². The Morgan fingerprint density at radius 3 is 3.00 bits per heavy atom. The van der Waals surface area contributed by atoms with E-state index in [1.54, 1.807) is 11.3 Å². The molecule has 0 aliphatic heterocycles. The monoisotopic (exact) mass is 269 g/mol. The van der Waals surface area contributed by atoms with Crippen molar-refractivity contribution >= 4 is 23.1 Å². The zero-order chi connectivity index (χ0) is 12.5. The predicted molar refractivity (Wildman–Crippen MR) is 77.6 cm³/mol. The van der Waals surface area contributed by atoms with Crippen LogP contribution >= 0.6 is 23.1 Å². The van der Waals surface area contributed by atoms with E-state index in [4.69, 9.17) is 5.11 Å². The molecule has 0 radical (unpaired) electrons. The van der Waals surface area contributed by atoms with E-state index in [9.17, 15) is 0 Å². The maximum absolute atomic E-state index is 8.64. The lowest BCUT2D eigenvalue weighted by molar-refractivity contribution is 0.305. The third kappa shape index (κ3) is 6.13. The number of aliphatic hydroxyl groups is 1. The number of hydrogen-bond acceptors (Lipinski definition) is 4. The van der Waals surface area contributed by atoms with Crippen LogP contribution in [0, 0.1) is 11.8 Å². The van der Waals surface area contributed by atoms with Gasteiger partial charge in [0, 0.05) is 30.1 Å². The Morgan fingerprint density at radius 2 is 2.29 bits per heavy atom. The molecule has 0 saturated heterocycles. The van der Waals surface area contributed by atoms with Crippen molar-refractivity contribution in [1.29, 1.82) is 0 Å². The van der Waals surface area contributed by atoms with Crippen LogP contribution < -0.4 is 0 Å². The highest BCUT2D eigenvalue weighted by Crippen LogP contribution is 2.17. The Labute approximate surface area is 112 Å². The van der Waals surface area contributed by atoms with Crippen molar-refractivity contribution in [3.63, 3.8) is 0 Å². The van der Waals surface area contributed by atoms with Gasteiger partial charge in [0.25, 0.3) is 0 Å². The summed E-state index contributed by atoms with van der Waals surface area (Å²) in [5.41, 5.74) is 0. The van der Waals surface area contributed by atoms with E-state index in [-0.39, 0.29) is 6.61 Å². The molecule has 0 amide bonds. The molecule has 2 nitrogen and oxygen atoms in total. The number of thiophene rings is 1. The molecule has 1 aromatic heterocycles. The van der Waals surface area contributed by atoms with E-state index in [1.807, 2.05) is 11.8 Å². The summed E-state index contributed by atoms with van der Waals surface area (Å²) in [6, 6.07) is 4.20. The number of hydrogen-bond donors (Lipinski definition) is 1. The van der Waals surface area contributed by atoms with Crippen molar-refractivity contribution in [2.45, 2.75) is 13.0 Å². The Kier molecular flexibility index (Phi) is 7.38. The van der Waals surface area contributed by atoms with Crippen LogP contribution in [0.1, 0.15) is 16.2 Å². The highest BCUT2D eigenvalue weighted by molar-refractivity contribution is 7.98. The van der Waals surface area contributed by atoms with Gasteiger partial charge in [0.15, 0.2) is 0 Å². The maximum Gasteiger partial charge on any atom is 0.0771 e. The van der Waals surface area contributed by atoms with Gasteiger partial charge in [0.2, 0.25) is 0 Å². The summed E-state index contributed by atoms with van der Waals surface area (Å²) in [6.07, 6.45) is 2.69. The molecule has 0 aliphatic rings. The molecule has 0 unspecified atom stereocenters. The van der Waals surface area contributed by atoms with Crippen LogP contribution in [0.5, 0.6) is 0 Å². The average Bonchev–Trinajstić information content (AvgIpc) is 2.74. The fraction of sp³-hybridized carbons (Fsp3) is 0.538. The molecule has 0 bridgehead atoms. The molecule has 0 aliphatic carbocycles. The van der Waals surface area contributed by atoms with Gasteiger partial charge in [-0.05, 0) is 25.4 Å². The van der Waals surface area contributed by atoms with Gasteiger partial charge in [-0.1, -0.05) is 11.8 Å². The van der Waals surface area contributed by atoms with Crippen molar-refractivity contribution in [1.82, 2.24) is 4.90 Å². The minimum absolute atomic E-state index is 0.142. The van der Waals surface area contributed by atoms with Gasteiger partial charge in [0.05, 0.1) is 11.5 Å². The second kappa shape index (κ2) is 8.60. The summed E-state index contributed by atoms with van der Waals surface area (Å²) in [6.45, 7) is 2.25. The average molecular weight is 269 g/mol. The highest BCUT2D eigenvalue weighted by atomic mass is 32.2. The summed E-state index contributed by atoms with van der Waals surface area (Å²) in [4.78, 5) is 4.77. The van der Waals surface area contributed by atoms with Crippen LogP contribution in [0.3, 0.4) is 0 Å². The zero-order valence-corrected chi connectivity index (χ0v) is 12.0. The van der Waals surface area contributed by atoms with E-state index in [2.05, 4.69) is 42.2 Å². The van der Waals surface area contributed by atoms with Crippen LogP contribution in [-0.4, -0.2) is 42.2 Å². The van der Waals surface area contributed by atoms with E-state index >= 15 is 0 Å². The molecule has 17 heavy (non-hydrogen) atoms. The third-order valence-electron chi connectivity index (χ3n) is 2.21. The first-order valence-corrected chi connectivity index (χ1v) is 7.83. The Morgan fingerprint density at radius 1 is 1.47 bits per heavy atom. The van der Waals surface area contributed by atoms with E-state index in [1.165, 1.54) is 10.6 Å². The molecule has 94 valence electrons. The SMILES string of the molecule is CSCCN(C)Cc1ccc(C#CCCO)s1. The fourth-order valence-corrected chi connectivity index (χ4v) is 2.78. The third-order valence-corrected chi connectivity index (χ3v) is 3.79. The quantitative estimate of drug-likeness (QED) is 0.802. The topological polar surface area (TPSA) is 23.5 Å². The van der Waals surface area contributed by atoms with E-state index in [0.717, 1.165) is 18.0 Å². The summed E-state index contributed by atoms with van der Waals surface area (Å²) in [5.74, 6) is 7.19. The lowest BCUT2D eigenvalue weighted by Crippen LogP contribution is -2.19. The molecular formula is C13H19NOS2. The lowest BCUT2D eigenvalue weighted by atomic mass is 10.4. The molecule has 1 aromatic rings. The van der Waals surface area contributed by atoms with Crippen LogP contribution in [0.15, 0.2) is 12.1 Å². The van der Waals surface area contributed by atoms with Crippen LogP contribution in [0.4, 0.5) is 0 Å². The first kappa shape index (κ1) is 14.6. The van der Waals surface area contributed by atoms with Crippen molar-refractivity contribution in [3.05, 3.63) is 21.9 Å². The molecule has 0 saturated carbocycles. The van der Waals surface area contributed by atoms with Gasteiger partial charge in [-0.2, -0.15) is 11.8 Å². The van der Waals surface area contributed by atoms with Crippen molar-refractivity contribution in [2.75, 3.05) is 32.2 Å². The molecule has 4 heteroatoms.